The number of nitrogens with zero attached hydrogens (tertiary/aromatic N) is 1. The highest BCUT2D eigenvalue weighted by Crippen LogP contribution is 2.21. The Morgan fingerprint density at radius 3 is 2.95 bits per heavy atom. The highest BCUT2D eigenvalue weighted by molar-refractivity contribution is 5.78. The molecule has 1 aliphatic heterocycles. The molecule has 1 amide bonds. The lowest BCUT2D eigenvalue weighted by atomic mass is 9.96. The molecule has 0 saturated carbocycles. The monoisotopic (exact) mass is 279 g/mol. The molecule has 0 aromatic heterocycles. The zero-order valence-electron chi connectivity index (χ0n) is 11.9. The van der Waals surface area contributed by atoms with Crippen LogP contribution in [-0.4, -0.2) is 30.9 Å². The van der Waals surface area contributed by atoms with Crippen molar-refractivity contribution in [2.75, 3.05) is 20.1 Å². The van der Waals surface area contributed by atoms with Gasteiger partial charge in [-0.25, -0.2) is 4.39 Å². The van der Waals surface area contributed by atoms with E-state index in [-0.39, 0.29) is 24.2 Å². The fraction of sp³-hybridized carbons (Fsp3) is 0.533. The van der Waals surface area contributed by atoms with Crippen molar-refractivity contribution in [3.8, 4) is 0 Å². The summed E-state index contributed by atoms with van der Waals surface area (Å²) in [5, 5.41) is 2.69. The van der Waals surface area contributed by atoms with Crippen molar-refractivity contribution in [2.24, 2.45) is 11.7 Å². The van der Waals surface area contributed by atoms with Crippen LogP contribution in [0.5, 0.6) is 0 Å². The molecule has 1 aromatic carbocycles. The van der Waals surface area contributed by atoms with E-state index >= 15 is 0 Å². The van der Waals surface area contributed by atoms with E-state index in [0.29, 0.717) is 24.2 Å². The van der Waals surface area contributed by atoms with Gasteiger partial charge in [-0.2, -0.15) is 0 Å². The van der Waals surface area contributed by atoms with E-state index in [2.05, 4.69) is 10.2 Å². The maximum atomic E-state index is 14.2. The summed E-state index contributed by atoms with van der Waals surface area (Å²) in [6, 6.07) is 5.33. The Balaban J connectivity index is 2.04. The minimum absolute atomic E-state index is 0.00880. The lowest BCUT2D eigenvalue weighted by molar-refractivity contribution is -0.126. The Hall–Kier alpha value is -1.46. The number of halogens is 1. The van der Waals surface area contributed by atoms with E-state index in [1.54, 1.807) is 19.2 Å². The van der Waals surface area contributed by atoms with Crippen LogP contribution >= 0.6 is 0 Å². The van der Waals surface area contributed by atoms with Crippen LogP contribution in [0.3, 0.4) is 0 Å². The number of benzene rings is 1. The first-order chi connectivity index (χ1) is 9.65. The van der Waals surface area contributed by atoms with Gasteiger partial charge in [0.25, 0.3) is 0 Å². The highest BCUT2D eigenvalue weighted by Gasteiger charge is 2.25. The van der Waals surface area contributed by atoms with Gasteiger partial charge in [0.05, 0.1) is 5.92 Å². The molecule has 1 aromatic rings. The molecule has 0 aliphatic carbocycles. The maximum Gasteiger partial charge on any atom is 0.224 e. The van der Waals surface area contributed by atoms with Crippen molar-refractivity contribution in [3.05, 3.63) is 35.1 Å². The summed E-state index contributed by atoms with van der Waals surface area (Å²) in [6.45, 7) is 2.33. The Morgan fingerprint density at radius 2 is 2.25 bits per heavy atom. The first kappa shape index (κ1) is 14.9. The molecule has 0 bridgehead atoms. The van der Waals surface area contributed by atoms with Gasteiger partial charge in [-0.15, -0.1) is 0 Å². The fourth-order valence-corrected chi connectivity index (χ4v) is 2.77. The smallest absolute Gasteiger partial charge is 0.224 e. The van der Waals surface area contributed by atoms with E-state index in [0.717, 1.165) is 19.4 Å². The van der Waals surface area contributed by atoms with E-state index < -0.39 is 0 Å². The Kier molecular flexibility index (Phi) is 5.09. The van der Waals surface area contributed by atoms with Crippen LogP contribution in [0.1, 0.15) is 24.0 Å². The average Bonchev–Trinajstić information content (AvgIpc) is 2.49. The van der Waals surface area contributed by atoms with Gasteiger partial charge in [0.1, 0.15) is 5.82 Å². The lowest BCUT2D eigenvalue weighted by Gasteiger charge is -2.31. The Bertz CT molecular complexity index is 478. The third-order valence-electron chi connectivity index (χ3n) is 3.90. The second-order valence-corrected chi connectivity index (χ2v) is 5.28. The number of amides is 1. The maximum absolute atomic E-state index is 14.2. The Morgan fingerprint density at radius 1 is 1.50 bits per heavy atom. The van der Waals surface area contributed by atoms with Crippen LogP contribution < -0.4 is 11.1 Å². The van der Waals surface area contributed by atoms with E-state index in [1.807, 2.05) is 6.07 Å². The second kappa shape index (κ2) is 6.81. The first-order valence-corrected chi connectivity index (χ1v) is 7.06. The molecule has 0 radical (unpaired) electrons. The minimum Gasteiger partial charge on any atom is -0.359 e. The van der Waals surface area contributed by atoms with Gasteiger partial charge >= 0.3 is 0 Å². The molecule has 4 nitrogen and oxygen atoms in total. The highest BCUT2D eigenvalue weighted by atomic mass is 19.1. The SMILES string of the molecule is CNC(=O)C1CCCN(Cc2cccc(CN)c2F)C1. The normalized spacial score (nSPS) is 19.9. The fourth-order valence-electron chi connectivity index (χ4n) is 2.77. The number of piperidine rings is 1. The zero-order chi connectivity index (χ0) is 14.5. The number of hydrogen-bond acceptors (Lipinski definition) is 3. The summed E-state index contributed by atoms with van der Waals surface area (Å²) >= 11 is 0. The van der Waals surface area contributed by atoms with Crippen LogP contribution in [0.25, 0.3) is 0 Å². The van der Waals surface area contributed by atoms with Crippen molar-refractivity contribution in [3.63, 3.8) is 0 Å². The van der Waals surface area contributed by atoms with Gasteiger partial charge in [-0.1, -0.05) is 18.2 Å². The molecule has 110 valence electrons. The molecule has 1 saturated heterocycles. The van der Waals surface area contributed by atoms with Crippen LogP contribution in [0.15, 0.2) is 18.2 Å². The number of hydrogen-bond donors (Lipinski definition) is 2. The summed E-state index contributed by atoms with van der Waals surface area (Å²) in [5.41, 5.74) is 6.73. The molecular weight excluding hydrogens is 257 g/mol. The predicted molar refractivity (Wildman–Crippen MR) is 76.4 cm³/mol. The largest absolute Gasteiger partial charge is 0.359 e. The predicted octanol–water partition coefficient (Wildman–Crippen LogP) is 1.24. The van der Waals surface area contributed by atoms with Crippen molar-refractivity contribution < 1.29 is 9.18 Å². The van der Waals surface area contributed by atoms with Crippen LogP contribution in [0.2, 0.25) is 0 Å². The Labute approximate surface area is 119 Å². The number of nitrogens with two attached hydrogens (primary N) is 1. The van der Waals surface area contributed by atoms with Gasteiger partial charge in [0, 0.05) is 37.8 Å². The standard InChI is InChI=1S/C15H22FN3O/c1-18-15(20)13-6-3-7-19(10-13)9-12-5-2-4-11(8-17)14(12)16/h2,4-5,13H,3,6-10,17H2,1H3,(H,18,20). The summed E-state index contributed by atoms with van der Waals surface area (Å²) in [4.78, 5) is 13.8. The molecule has 5 heteroatoms. The average molecular weight is 279 g/mol. The lowest BCUT2D eigenvalue weighted by Crippen LogP contribution is -2.41. The number of rotatable bonds is 4. The second-order valence-electron chi connectivity index (χ2n) is 5.28. The van der Waals surface area contributed by atoms with Gasteiger partial charge in [-0.3, -0.25) is 9.69 Å². The molecule has 1 fully saturated rings. The summed E-state index contributed by atoms with van der Waals surface area (Å²) in [6.07, 6.45) is 1.87. The van der Waals surface area contributed by atoms with Crippen molar-refractivity contribution in [2.45, 2.75) is 25.9 Å². The number of carbonyl (C=O) groups is 1. The molecule has 0 spiro atoms. The van der Waals surface area contributed by atoms with E-state index in [4.69, 9.17) is 5.73 Å². The third-order valence-corrected chi connectivity index (χ3v) is 3.90. The summed E-state index contributed by atoms with van der Waals surface area (Å²) in [5.74, 6) is -0.127. The van der Waals surface area contributed by atoms with Crippen molar-refractivity contribution in [1.82, 2.24) is 10.2 Å². The number of likely N-dealkylation sites (tertiary alicyclic amines) is 1. The molecule has 2 rings (SSSR count). The van der Waals surface area contributed by atoms with Crippen LogP contribution in [0, 0.1) is 11.7 Å². The van der Waals surface area contributed by atoms with Gasteiger partial charge in [0.2, 0.25) is 5.91 Å². The molecule has 1 aliphatic rings. The third kappa shape index (κ3) is 3.35. The minimum atomic E-state index is -0.211. The zero-order valence-corrected chi connectivity index (χ0v) is 11.9. The van der Waals surface area contributed by atoms with Gasteiger partial charge in [-0.05, 0) is 19.4 Å². The molecular formula is C15H22FN3O. The molecule has 3 N–H and O–H groups in total. The van der Waals surface area contributed by atoms with Crippen LogP contribution in [0.4, 0.5) is 4.39 Å². The summed E-state index contributed by atoms with van der Waals surface area (Å²) in [7, 11) is 1.66. The molecule has 1 unspecified atom stereocenters. The van der Waals surface area contributed by atoms with Crippen molar-refractivity contribution >= 4 is 5.91 Å². The van der Waals surface area contributed by atoms with Crippen molar-refractivity contribution in [1.29, 1.82) is 0 Å². The quantitative estimate of drug-likeness (QED) is 0.872. The first-order valence-electron chi connectivity index (χ1n) is 7.06. The summed E-state index contributed by atoms with van der Waals surface area (Å²) < 4.78 is 14.2. The molecule has 1 heterocycles. The van der Waals surface area contributed by atoms with E-state index in [9.17, 15) is 9.18 Å². The molecule has 1 atom stereocenters. The number of nitrogens with one attached hydrogen (secondary N) is 1. The number of carbonyl (C=O) groups excluding carboxylic acids is 1. The van der Waals surface area contributed by atoms with Gasteiger partial charge in [0.15, 0.2) is 0 Å². The van der Waals surface area contributed by atoms with E-state index in [1.165, 1.54) is 0 Å². The topological polar surface area (TPSA) is 58.4 Å². The van der Waals surface area contributed by atoms with Crippen LogP contribution in [-0.2, 0) is 17.9 Å². The van der Waals surface area contributed by atoms with Gasteiger partial charge < -0.3 is 11.1 Å². The molecule has 20 heavy (non-hydrogen) atoms.